The quantitative estimate of drug-likeness (QED) is 0.407. The van der Waals surface area contributed by atoms with Gasteiger partial charge in [0.15, 0.2) is 5.65 Å². The number of likely N-dealkylation sites (tertiary alicyclic amines) is 1. The van der Waals surface area contributed by atoms with Crippen molar-refractivity contribution in [1.29, 1.82) is 0 Å². The Morgan fingerprint density at radius 2 is 1.85 bits per heavy atom. The zero-order chi connectivity index (χ0) is 27.6. The van der Waals surface area contributed by atoms with Crippen molar-refractivity contribution in [1.82, 2.24) is 34.2 Å². The number of hydrogen-bond acceptors (Lipinski definition) is 8. The van der Waals surface area contributed by atoms with Crippen LogP contribution in [-0.4, -0.2) is 86.6 Å². The fourth-order valence-electron chi connectivity index (χ4n) is 5.87. The van der Waals surface area contributed by atoms with E-state index in [9.17, 15) is 0 Å². The highest BCUT2D eigenvalue weighted by molar-refractivity contribution is 5.80. The number of piperazine rings is 1. The van der Waals surface area contributed by atoms with Gasteiger partial charge in [0.05, 0.1) is 5.70 Å². The van der Waals surface area contributed by atoms with E-state index in [1.807, 2.05) is 12.1 Å². The highest BCUT2D eigenvalue weighted by atomic mass is 19.1. The van der Waals surface area contributed by atoms with Crippen LogP contribution in [-0.2, 0) is 0 Å². The monoisotopic (exact) mass is 543 g/mol. The van der Waals surface area contributed by atoms with E-state index in [1.54, 1.807) is 24.5 Å². The van der Waals surface area contributed by atoms with Crippen LogP contribution in [0.3, 0.4) is 0 Å². The van der Waals surface area contributed by atoms with Gasteiger partial charge in [-0.05, 0) is 69.0 Å². The molecule has 40 heavy (non-hydrogen) atoms. The molecule has 0 amide bonds. The number of nitrogen functional groups attached to an aromatic ring is 1. The van der Waals surface area contributed by atoms with Crippen LogP contribution >= 0.6 is 0 Å². The molecule has 0 radical (unpaired) electrons. The van der Waals surface area contributed by atoms with Crippen molar-refractivity contribution in [3.8, 4) is 5.82 Å². The summed E-state index contributed by atoms with van der Waals surface area (Å²) in [6, 6.07) is 8.30. The lowest BCUT2D eigenvalue weighted by atomic mass is 10.0. The highest BCUT2D eigenvalue weighted by Crippen LogP contribution is 2.43. The number of aromatic nitrogens is 4. The van der Waals surface area contributed by atoms with Crippen LogP contribution in [0, 0.1) is 0 Å². The van der Waals surface area contributed by atoms with E-state index >= 15 is 4.39 Å². The number of nitrogens with one attached hydrogen (secondary N) is 1. The van der Waals surface area contributed by atoms with E-state index in [0.29, 0.717) is 29.4 Å². The van der Waals surface area contributed by atoms with Gasteiger partial charge >= 0.3 is 0 Å². The summed E-state index contributed by atoms with van der Waals surface area (Å²) in [6.45, 7) is 10.0. The smallest absolute Gasteiger partial charge is 0.228 e. The molecule has 9 nitrogen and oxygen atoms in total. The molecule has 6 rings (SSSR count). The van der Waals surface area contributed by atoms with Crippen molar-refractivity contribution in [3.05, 3.63) is 72.6 Å². The fourth-order valence-corrected chi connectivity index (χ4v) is 5.87. The number of fused-ring (bicyclic) bond motifs is 1. The number of nitrogens with two attached hydrogens (primary N) is 1. The van der Waals surface area contributed by atoms with Crippen LogP contribution in [0.25, 0.3) is 16.9 Å². The summed E-state index contributed by atoms with van der Waals surface area (Å²) in [5, 5.41) is 3.98. The molecule has 2 aliphatic heterocycles. The van der Waals surface area contributed by atoms with E-state index < -0.39 is 0 Å². The lowest BCUT2D eigenvalue weighted by Gasteiger charge is -2.42. The molecule has 3 fully saturated rings. The molecule has 10 heteroatoms. The van der Waals surface area contributed by atoms with Crippen molar-refractivity contribution in [2.45, 2.75) is 37.6 Å². The number of halogens is 1. The molecule has 0 bridgehead atoms. The molecule has 3 aliphatic rings. The SMILES string of the molecule is C=C/C(=C(F)\C=C\Nc1ncc2cc(C3CC3)n(-c3cccc(N)n3)c2n1)N1CCC(N2CCN(C)CC2)CC1. The molecule has 3 aromatic rings. The summed E-state index contributed by atoms with van der Waals surface area (Å²) in [7, 11) is 2.18. The molecule has 0 unspecified atom stereocenters. The van der Waals surface area contributed by atoms with Gasteiger partial charge in [-0.25, -0.2) is 14.4 Å². The van der Waals surface area contributed by atoms with Crippen molar-refractivity contribution in [2.24, 2.45) is 0 Å². The summed E-state index contributed by atoms with van der Waals surface area (Å²) >= 11 is 0. The normalized spacial score (nSPS) is 20.3. The number of likely N-dealkylation sites (N-methyl/N-ethyl adjacent to an activating group) is 1. The number of hydrogen-bond donors (Lipinski definition) is 2. The summed E-state index contributed by atoms with van der Waals surface area (Å²) in [5.74, 6) is 1.73. The van der Waals surface area contributed by atoms with Crippen LogP contribution < -0.4 is 11.1 Å². The Balaban J connectivity index is 1.15. The minimum atomic E-state index is -0.329. The third-order valence-corrected chi connectivity index (χ3v) is 8.29. The summed E-state index contributed by atoms with van der Waals surface area (Å²) in [5.41, 5.74) is 8.42. The van der Waals surface area contributed by atoms with Gasteiger partial charge in [0, 0.05) is 68.8 Å². The molecule has 1 saturated carbocycles. The number of nitrogens with zero attached hydrogens (tertiary/aromatic N) is 7. The molecule has 5 heterocycles. The Labute approximate surface area is 234 Å². The maximum Gasteiger partial charge on any atom is 0.228 e. The lowest BCUT2D eigenvalue weighted by Crippen LogP contribution is -2.52. The van der Waals surface area contributed by atoms with Crippen LogP contribution in [0.4, 0.5) is 16.2 Å². The number of allylic oxidation sites excluding steroid dienone is 3. The Hall–Kier alpha value is -3.76. The lowest BCUT2D eigenvalue weighted by molar-refractivity contribution is 0.0760. The zero-order valence-corrected chi connectivity index (χ0v) is 23.1. The van der Waals surface area contributed by atoms with Gasteiger partial charge in [-0.2, -0.15) is 4.98 Å². The second-order valence-electron chi connectivity index (χ2n) is 11.0. The van der Waals surface area contributed by atoms with Crippen LogP contribution in [0.1, 0.15) is 37.3 Å². The summed E-state index contributed by atoms with van der Waals surface area (Å²) < 4.78 is 17.3. The molecular formula is C30H38FN9. The van der Waals surface area contributed by atoms with Crippen molar-refractivity contribution in [2.75, 3.05) is 57.4 Å². The fraction of sp³-hybridized carbons (Fsp3) is 0.433. The molecule has 0 atom stereocenters. The van der Waals surface area contributed by atoms with Crippen LogP contribution in [0.5, 0.6) is 0 Å². The number of rotatable bonds is 8. The number of anilines is 2. The van der Waals surface area contributed by atoms with Gasteiger partial charge in [0.2, 0.25) is 5.95 Å². The molecule has 2 saturated heterocycles. The standard InChI is InChI=1S/C30H38FN9/c1-3-25(39-13-10-23(11-14-39)38-17-15-37(2)16-18-38)24(31)9-12-33-30-34-20-22-19-26(21-7-8-21)40(29(22)36-30)28-6-4-5-27(32)35-28/h3-6,9,12,19-21,23H,1,7-8,10-11,13-18H2,2H3,(H2,32,35)(H,33,34,36)/b12-9+,25-24-. The first-order chi connectivity index (χ1) is 19.5. The Morgan fingerprint density at radius 3 is 2.55 bits per heavy atom. The van der Waals surface area contributed by atoms with E-state index in [-0.39, 0.29) is 5.83 Å². The van der Waals surface area contributed by atoms with E-state index in [1.165, 1.54) is 6.08 Å². The molecule has 3 aromatic heterocycles. The van der Waals surface area contributed by atoms with Gasteiger partial charge < -0.3 is 20.9 Å². The van der Waals surface area contributed by atoms with E-state index in [2.05, 4.69) is 54.2 Å². The molecule has 0 aromatic carbocycles. The second kappa shape index (κ2) is 11.4. The first-order valence-electron chi connectivity index (χ1n) is 14.2. The predicted molar refractivity (Wildman–Crippen MR) is 158 cm³/mol. The largest absolute Gasteiger partial charge is 0.384 e. The van der Waals surface area contributed by atoms with Crippen molar-refractivity contribution >= 4 is 22.8 Å². The maximum absolute atomic E-state index is 15.3. The van der Waals surface area contributed by atoms with Crippen LogP contribution in [0.2, 0.25) is 0 Å². The maximum atomic E-state index is 15.3. The average molecular weight is 544 g/mol. The molecule has 1 aliphatic carbocycles. The van der Waals surface area contributed by atoms with Crippen LogP contribution in [0.15, 0.2) is 66.9 Å². The summed E-state index contributed by atoms with van der Waals surface area (Å²) in [4.78, 5) is 20.8. The third kappa shape index (κ3) is 5.59. The molecule has 3 N–H and O–H groups in total. The van der Waals surface area contributed by atoms with Crippen molar-refractivity contribution in [3.63, 3.8) is 0 Å². The number of piperidine rings is 1. The third-order valence-electron chi connectivity index (χ3n) is 8.29. The topological polar surface area (TPSA) is 91.4 Å². The van der Waals surface area contributed by atoms with Gasteiger partial charge in [-0.3, -0.25) is 9.47 Å². The zero-order valence-electron chi connectivity index (χ0n) is 23.1. The first-order valence-corrected chi connectivity index (χ1v) is 14.2. The minimum Gasteiger partial charge on any atom is -0.384 e. The van der Waals surface area contributed by atoms with Gasteiger partial charge in [-0.1, -0.05) is 12.6 Å². The summed E-state index contributed by atoms with van der Waals surface area (Å²) in [6.07, 6.45) is 10.7. The van der Waals surface area contributed by atoms with E-state index in [4.69, 9.17) is 10.7 Å². The minimum absolute atomic E-state index is 0.329. The second-order valence-corrected chi connectivity index (χ2v) is 11.0. The molecule has 210 valence electrons. The predicted octanol–water partition coefficient (Wildman–Crippen LogP) is 4.28. The number of pyridine rings is 1. The van der Waals surface area contributed by atoms with Gasteiger partial charge in [0.1, 0.15) is 17.5 Å². The molecular weight excluding hydrogens is 505 g/mol. The average Bonchev–Trinajstić information content (AvgIpc) is 3.74. The Kier molecular flexibility index (Phi) is 7.53. The van der Waals surface area contributed by atoms with Crippen molar-refractivity contribution < 1.29 is 4.39 Å². The Bertz CT molecular complexity index is 1420. The highest BCUT2D eigenvalue weighted by Gasteiger charge is 2.30. The van der Waals surface area contributed by atoms with Gasteiger partial charge in [0.25, 0.3) is 0 Å². The van der Waals surface area contributed by atoms with E-state index in [0.717, 1.165) is 87.5 Å². The van der Waals surface area contributed by atoms with Gasteiger partial charge in [-0.15, -0.1) is 0 Å². The first kappa shape index (κ1) is 26.5. The molecule has 0 spiro atoms. The Morgan fingerprint density at radius 1 is 1.07 bits per heavy atom.